The Morgan fingerprint density at radius 2 is 1.85 bits per heavy atom. The fourth-order valence-electron chi connectivity index (χ4n) is 4.15. The maximum atomic E-state index is 9.80. The summed E-state index contributed by atoms with van der Waals surface area (Å²) in [6.07, 6.45) is 9.54. The number of hydrogen-bond donors (Lipinski definition) is 0. The van der Waals surface area contributed by atoms with Gasteiger partial charge in [-0.15, -0.1) is 0 Å². The largest absolute Gasteiger partial charge is 0.496 e. The summed E-state index contributed by atoms with van der Waals surface area (Å²) in [7, 11) is 3.30. The number of rotatable bonds is 3. The maximum absolute atomic E-state index is 9.80. The Balaban J connectivity index is 2.19. The average molecular weight is 413 g/mol. The minimum absolute atomic E-state index is 0.0181. The standard InChI is InChI=1S/C21H21BrN2O2/c1-25-17-9-10-18(26-2)20(22)19(17)15-7-5-11-21(12-23,13-24)16-8-4-3-6-14(15)16/h5,7-10,14-15H,3-4,6,11H2,1-2H3/t14-,15+/m0/s1. The molecule has 0 amide bonds. The Morgan fingerprint density at radius 3 is 2.50 bits per heavy atom. The van der Waals surface area contributed by atoms with Gasteiger partial charge in [0, 0.05) is 17.9 Å². The molecule has 2 aliphatic carbocycles. The van der Waals surface area contributed by atoms with Gasteiger partial charge in [0.2, 0.25) is 0 Å². The van der Waals surface area contributed by atoms with E-state index in [9.17, 15) is 10.5 Å². The van der Waals surface area contributed by atoms with Crippen molar-refractivity contribution in [1.29, 1.82) is 10.5 Å². The van der Waals surface area contributed by atoms with E-state index in [1.807, 2.05) is 18.2 Å². The zero-order chi connectivity index (χ0) is 18.7. The molecule has 1 aromatic rings. The predicted molar refractivity (Wildman–Crippen MR) is 103 cm³/mol. The summed E-state index contributed by atoms with van der Waals surface area (Å²) in [6.45, 7) is 0. The second-order valence-corrected chi connectivity index (χ2v) is 7.47. The van der Waals surface area contributed by atoms with Gasteiger partial charge in [-0.3, -0.25) is 0 Å². The second kappa shape index (κ2) is 7.56. The van der Waals surface area contributed by atoms with Crippen molar-refractivity contribution in [1.82, 2.24) is 0 Å². The second-order valence-electron chi connectivity index (χ2n) is 6.68. The van der Waals surface area contributed by atoms with E-state index < -0.39 is 5.41 Å². The van der Waals surface area contributed by atoms with Crippen LogP contribution in [0.1, 0.15) is 37.2 Å². The highest BCUT2D eigenvalue weighted by Crippen LogP contribution is 2.52. The van der Waals surface area contributed by atoms with Gasteiger partial charge in [-0.2, -0.15) is 10.5 Å². The molecular weight excluding hydrogens is 392 g/mol. The van der Waals surface area contributed by atoms with Gasteiger partial charge in [-0.25, -0.2) is 0 Å². The zero-order valence-corrected chi connectivity index (χ0v) is 16.5. The Bertz CT molecular complexity index is 831. The molecule has 134 valence electrons. The maximum Gasteiger partial charge on any atom is 0.168 e. The van der Waals surface area contributed by atoms with E-state index in [1.165, 1.54) is 0 Å². The molecule has 0 spiro atoms. The number of methoxy groups -OCH3 is 2. The van der Waals surface area contributed by atoms with Crippen molar-refractivity contribution >= 4 is 15.9 Å². The monoisotopic (exact) mass is 412 g/mol. The predicted octanol–water partition coefficient (Wildman–Crippen LogP) is 5.27. The Morgan fingerprint density at radius 1 is 1.15 bits per heavy atom. The summed E-state index contributed by atoms with van der Waals surface area (Å²) < 4.78 is 12.0. The van der Waals surface area contributed by atoms with Gasteiger partial charge < -0.3 is 9.47 Å². The highest BCUT2D eigenvalue weighted by Gasteiger charge is 2.44. The Kier molecular flexibility index (Phi) is 5.39. The van der Waals surface area contributed by atoms with E-state index in [4.69, 9.17) is 9.47 Å². The van der Waals surface area contributed by atoms with E-state index in [0.717, 1.165) is 46.4 Å². The molecule has 0 saturated carbocycles. The molecule has 26 heavy (non-hydrogen) atoms. The molecule has 0 heterocycles. The van der Waals surface area contributed by atoms with Crippen molar-refractivity contribution < 1.29 is 9.47 Å². The summed E-state index contributed by atoms with van der Waals surface area (Å²) in [4.78, 5) is 0. The fourth-order valence-corrected chi connectivity index (χ4v) is 4.91. The van der Waals surface area contributed by atoms with Crippen molar-refractivity contribution in [3.05, 3.63) is 46.0 Å². The van der Waals surface area contributed by atoms with Crippen LogP contribution in [0.4, 0.5) is 0 Å². The summed E-state index contributed by atoms with van der Waals surface area (Å²) >= 11 is 3.69. The first-order valence-electron chi connectivity index (χ1n) is 8.72. The van der Waals surface area contributed by atoms with Gasteiger partial charge in [-0.1, -0.05) is 18.2 Å². The molecule has 0 saturated heterocycles. The number of nitriles is 2. The first-order chi connectivity index (χ1) is 12.6. The SMILES string of the molecule is COc1ccc(OC)c([C@@H]2C=CCC(C#N)(C#N)C3=CCCC[C@H]32)c1Br. The molecule has 0 aromatic heterocycles. The van der Waals surface area contributed by atoms with Crippen molar-refractivity contribution in [3.63, 3.8) is 0 Å². The van der Waals surface area contributed by atoms with Crippen LogP contribution in [0.25, 0.3) is 0 Å². The number of allylic oxidation sites excluding steroid dienone is 4. The van der Waals surface area contributed by atoms with E-state index in [0.29, 0.717) is 6.42 Å². The van der Waals surface area contributed by atoms with Crippen molar-refractivity contribution in [3.8, 4) is 23.6 Å². The van der Waals surface area contributed by atoms with Gasteiger partial charge in [0.25, 0.3) is 0 Å². The van der Waals surface area contributed by atoms with E-state index >= 15 is 0 Å². The highest BCUT2D eigenvalue weighted by molar-refractivity contribution is 9.10. The van der Waals surface area contributed by atoms with Crippen LogP contribution >= 0.6 is 15.9 Å². The summed E-state index contributed by atoms with van der Waals surface area (Å²) in [6, 6.07) is 8.37. The minimum Gasteiger partial charge on any atom is -0.496 e. The number of hydrogen-bond acceptors (Lipinski definition) is 4. The number of halogens is 1. The molecule has 2 atom stereocenters. The topological polar surface area (TPSA) is 66.0 Å². The number of fused-ring (bicyclic) bond motifs is 1. The average Bonchev–Trinajstić information content (AvgIpc) is 2.85. The van der Waals surface area contributed by atoms with Gasteiger partial charge >= 0.3 is 0 Å². The van der Waals surface area contributed by atoms with Crippen LogP contribution in [-0.2, 0) is 0 Å². The third kappa shape index (κ3) is 2.91. The molecule has 0 radical (unpaired) electrons. The summed E-state index contributed by atoms with van der Waals surface area (Å²) in [5.41, 5.74) is 0.891. The molecule has 1 aromatic carbocycles. The van der Waals surface area contributed by atoms with Crippen LogP contribution in [0, 0.1) is 34.0 Å². The fraction of sp³-hybridized carbons (Fsp3) is 0.429. The smallest absolute Gasteiger partial charge is 0.168 e. The van der Waals surface area contributed by atoms with Gasteiger partial charge in [0.15, 0.2) is 5.41 Å². The highest BCUT2D eigenvalue weighted by atomic mass is 79.9. The zero-order valence-electron chi connectivity index (χ0n) is 15.0. The first kappa shape index (κ1) is 18.5. The first-order valence-corrected chi connectivity index (χ1v) is 9.51. The lowest BCUT2D eigenvalue weighted by Gasteiger charge is -2.34. The molecule has 4 nitrogen and oxygen atoms in total. The quantitative estimate of drug-likeness (QED) is 0.634. The lowest BCUT2D eigenvalue weighted by molar-refractivity contribution is 0.377. The molecule has 2 aliphatic rings. The van der Waals surface area contributed by atoms with Crippen LogP contribution in [0.2, 0.25) is 0 Å². The molecule has 0 fully saturated rings. The van der Waals surface area contributed by atoms with E-state index in [2.05, 4.69) is 40.2 Å². The number of ether oxygens (including phenoxy) is 2. The lowest BCUT2D eigenvalue weighted by atomic mass is 9.67. The van der Waals surface area contributed by atoms with Crippen LogP contribution in [0.15, 0.2) is 40.4 Å². The normalized spacial score (nSPS) is 23.7. The Hall–Kier alpha value is -2.24. The van der Waals surface area contributed by atoms with Gasteiger partial charge in [0.05, 0.1) is 30.8 Å². The van der Waals surface area contributed by atoms with E-state index in [1.54, 1.807) is 14.2 Å². The molecule has 0 N–H and O–H groups in total. The van der Waals surface area contributed by atoms with Crippen molar-refractivity contribution in [2.75, 3.05) is 14.2 Å². The number of benzene rings is 1. The van der Waals surface area contributed by atoms with Crippen molar-refractivity contribution in [2.24, 2.45) is 11.3 Å². The lowest BCUT2D eigenvalue weighted by Crippen LogP contribution is -2.28. The van der Waals surface area contributed by atoms with Crippen LogP contribution < -0.4 is 9.47 Å². The van der Waals surface area contributed by atoms with Gasteiger partial charge in [0.1, 0.15) is 11.5 Å². The third-order valence-electron chi connectivity index (χ3n) is 5.44. The van der Waals surface area contributed by atoms with E-state index in [-0.39, 0.29) is 11.8 Å². The molecular formula is C21H21BrN2O2. The Labute approximate surface area is 162 Å². The third-order valence-corrected chi connectivity index (χ3v) is 6.25. The minimum atomic E-state index is -1.07. The van der Waals surface area contributed by atoms with Crippen LogP contribution in [0.5, 0.6) is 11.5 Å². The van der Waals surface area contributed by atoms with Crippen LogP contribution in [-0.4, -0.2) is 14.2 Å². The molecule has 0 aliphatic heterocycles. The summed E-state index contributed by atoms with van der Waals surface area (Å²) in [5, 5.41) is 19.6. The van der Waals surface area contributed by atoms with Gasteiger partial charge in [-0.05, 0) is 58.8 Å². The number of nitrogens with zero attached hydrogens (tertiary/aromatic N) is 2. The molecule has 5 heteroatoms. The summed E-state index contributed by atoms with van der Waals surface area (Å²) in [5.74, 6) is 1.63. The molecule has 0 bridgehead atoms. The molecule has 0 unspecified atom stereocenters. The molecule has 3 rings (SSSR count). The van der Waals surface area contributed by atoms with Crippen molar-refractivity contribution in [2.45, 2.75) is 31.6 Å². The van der Waals surface area contributed by atoms with Crippen LogP contribution in [0.3, 0.4) is 0 Å².